The molecule has 5 rings (SSSR count). The first kappa shape index (κ1) is 24.8. The van der Waals surface area contributed by atoms with Gasteiger partial charge in [0.2, 0.25) is 0 Å². The van der Waals surface area contributed by atoms with Gasteiger partial charge in [-0.15, -0.1) is 0 Å². The average Bonchev–Trinajstić information content (AvgIpc) is 2.75. The van der Waals surface area contributed by atoms with Crippen molar-refractivity contribution in [2.24, 2.45) is 56.7 Å². The Bertz CT molecular complexity index is 907. The molecule has 0 aromatic heterocycles. The van der Waals surface area contributed by atoms with Gasteiger partial charge in [-0.05, 0) is 103 Å². The number of aliphatic hydroxyl groups is 2. The Morgan fingerprint density at radius 3 is 2.26 bits per heavy atom. The van der Waals surface area contributed by atoms with Crippen molar-refractivity contribution in [3.05, 3.63) is 11.6 Å². The van der Waals surface area contributed by atoms with Crippen molar-refractivity contribution in [2.75, 3.05) is 0 Å². The van der Waals surface area contributed by atoms with Crippen LogP contribution in [0.2, 0.25) is 0 Å². The third-order valence-corrected chi connectivity index (χ3v) is 13.4. The minimum Gasteiger partial charge on any atom is -0.481 e. The number of carboxylic acid groups (broad SMARTS) is 1. The van der Waals surface area contributed by atoms with Crippen molar-refractivity contribution in [3.8, 4) is 0 Å². The van der Waals surface area contributed by atoms with Crippen LogP contribution in [0.15, 0.2) is 11.6 Å². The number of hydrogen-bond acceptors (Lipinski definition) is 3. The summed E-state index contributed by atoms with van der Waals surface area (Å²) >= 11 is 0. The number of carbonyl (C=O) groups is 1. The van der Waals surface area contributed by atoms with Gasteiger partial charge in [0, 0.05) is 0 Å². The van der Waals surface area contributed by atoms with Crippen LogP contribution in [-0.4, -0.2) is 33.5 Å². The minimum absolute atomic E-state index is 0.00993. The highest BCUT2D eigenvalue weighted by Gasteiger charge is 2.70. The summed E-state index contributed by atoms with van der Waals surface area (Å²) in [6.07, 6.45) is 8.53. The molecular weight excluding hydrogens is 424 g/mol. The van der Waals surface area contributed by atoms with E-state index in [4.69, 9.17) is 0 Å². The predicted molar refractivity (Wildman–Crippen MR) is 134 cm³/mol. The summed E-state index contributed by atoms with van der Waals surface area (Å²) in [6.45, 7) is 16.3. The summed E-state index contributed by atoms with van der Waals surface area (Å²) < 4.78 is 0. The molecule has 0 aromatic rings. The second kappa shape index (κ2) is 7.34. The van der Waals surface area contributed by atoms with Crippen LogP contribution in [0.25, 0.3) is 0 Å². The van der Waals surface area contributed by atoms with Gasteiger partial charge >= 0.3 is 5.97 Å². The van der Waals surface area contributed by atoms with E-state index in [0.717, 1.165) is 44.9 Å². The Morgan fingerprint density at radius 1 is 0.941 bits per heavy atom. The summed E-state index contributed by atoms with van der Waals surface area (Å²) in [4.78, 5) is 12.8. The van der Waals surface area contributed by atoms with Gasteiger partial charge < -0.3 is 15.3 Å². The zero-order chi connectivity index (χ0) is 25.1. The lowest BCUT2D eigenvalue weighted by atomic mass is 9.33. The Hall–Kier alpha value is -0.870. The molecule has 5 aliphatic carbocycles. The summed E-state index contributed by atoms with van der Waals surface area (Å²) in [5.41, 5.74) is 0.574. The van der Waals surface area contributed by atoms with Gasteiger partial charge in [0.05, 0.1) is 17.6 Å². The Kier molecular flexibility index (Phi) is 5.36. The normalized spacial score (nSPS) is 56.3. The minimum atomic E-state index is -0.679. The first-order chi connectivity index (χ1) is 15.7. The van der Waals surface area contributed by atoms with Crippen LogP contribution in [0.5, 0.6) is 0 Å². The van der Waals surface area contributed by atoms with Crippen molar-refractivity contribution in [1.29, 1.82) is 0 Å². The molecule has 4 fully saturated rings. The smallest absolute Gasteiger partial charge is 0.310 e. The summed E-state index contributed by atoms with van der Waals surface area (Å²) in [5.74, 6) is 1.30. The highest BCUT2D eigenvalue weighted by Crippen LogP contribution is 2.75. The third-order valence-electron chi connectivity index (χ3n) is 13.4. The zero-order valence-electron chi connectivity index (χ0n) is 22.5. The SMILES string of the molecule is C[C@H]1[C@H](C)CC[C@]2(C(=O)O)CC[C@]3(C)C(=CC[C@@H]4[C@@]5(C)CC(O)C(O)C(C)(C)C5CC[C@]43C)[C@H]12. The van der Waals surface area contributed by atoms with E-state index in [9.17, 15) is 20.1 Å². The fraction of sp³-hybridized carbons (Fsp3) is 0.900. The standard InChI is InChI=1S/C30H48O4/c1-17-10-13-30(25(33)34)15-14-28(6)19(23(30)18(17)2)8-9-22-27(5)16-20(31)24(32)26(3,4)21(27)11-12-29(22,28)7/h8,17-18,20-24,31-32H,9-16H2,1-7H3,(H,33,34)/t17-,18+,20?,21?,22-,23+,24?,27+,28-,29-,30+/m1/s1. The lowest BCUT2D eigenvalue weighted by Gasteiger charge is -2.71. The van der Waals surface area contributed by atoms with E-state index in [1.54, 1.807) is 0 Å². The lowest BCUT2D eigenvalue weighted by molar-refractivity contribution is -0.232. The van der Waals surface area contributed by atoms with E-state index in [1.165, 1.54) is 5.57 Å². The highest BCUT2D eigenvalue weighted by molar-refractivity contribution is 5.76. The molecule has 0 aromatic carbocycles. The maximum Gasteiger partial charge on any atom is 0.310 e. The lowest BCUT2D eigenvalue weighted by Crippen LogP contribution is -2.67. The highest BCUT2D eigenvalue weighted by atomic mass is 16.4. The van der Waals surface area contributed by atoms with Gasteiger partial charge in [-0.1, -0.05) is 60.1 Å². The van der Waals surface area contributed by atoms with Gasteiger partial charge in [0.25, 0.3) is 0 Å². The molecule has 0 heterocycles. The molecule has 0 saturated heterocycles. The average molecular weight is 473 g/mol. The predicted octanol–water partition coefficient (Wildman–Crippen LogP) is 6.06. The zero-order valence-corrected chi connectivity index (χ0v) is 22.5. The van der Waals surface area contributed by atoms with Crippen molar-refractivity contribution in [1.82, 2.24) is 0 Å². The van der Waals surface area contributed by atoms with E-state index in [1.807, 2.05) is 0 Å². The second-order valence-corrected chi connectivity index (χ2v) is 14.6. The summed E-state index contributed by atoms with van der Waals surface area (Å²) in [5, 5.41) is 32.4. The molecule has 0 spiro atoms. The fourth-order valence-electron chi connectivity index (χ4n) is 11.0. The van der Waals surface area contributed by atoms with Crippen LogP contribution >= 0.6 is 0 Å². The van der Waals surface area contributed by atoms with Crippen LogP contribution in [0.4, 0.5) is 0 Å². The van der Waals surface area contributed by atoms with E-state index >= 15 is 0 Å². The second-order valence-electron chi connectivity index (χ2n) is 14.6. The van der Waals surface area contributed by atoms with E-state index in [0.29, 0.717) is 30.1 Å². The number of rotatable bonds is 1. The fourth-order valence-corrected chi connectivity index (χ4v) is 11.0. The summed E-state index contributed by atoms with van der Waals surface area (Å²) in [6, 6.07) is 0. The molecule has 5 aliphatic rings. The van der Waals surface area contributed by atoms with Crippen molar-refractivity contribution in [3.63, 3.8) is 0 Å². The molecule has 0 aliphatic heterocycles. The van der Waals surface area contributed by atoms with Crippen LogP contribution in [0.1, 0.15) is 99.8 Å². The molecule has 11 atom stereocenters. The van der Waals surface area contributed by atoms with Gasteiger partial charge in [-0.3, -0.25) is 4.79 Å². The molecule has 34 heavy (non-hydrogen) atoms. The molecule has 4 heteroatoms. The van der Waals surface area contributed by atoms with Gasteiger partial charge in [-0.25, -0.2) is 0 Å². The maximum absolute atomic E-state index is 12.8. The number of aliphatic hydroxyl groups excluding tert-OH is 2. The van der Waals surface area contributed by atoms with E-state index < -0.39 is 23.6 Å². The van der Waals surface area contributed by atoms with Gasteiger partial charge in [-0.2, -0.15) is 0 Å². The number of fused-ring (bicyclic) bond motifs is 7. The molecule has 0 bridgehead atoms. The summed E-state index contributed by atoms with van der Waals surface area (Å²) in [7, 11) is 0. The Morgan fingerprint density at radius 2 is 1.62 bits per heavy atom. The Labute approximate surface area is 206 Å². The van der Waals surface area contributed by atoms with E-state index in [-0.39, 0.29) is 27.6 Å². The first-order valence-electron chi connectivity index (χ1n) is 14.0. The first-order valence-corrected chi connectivity index (χ1v) is 14.0. The quantitative estimate of drug-likeness (QED) is 0.405. The number of allylic oxidation sites excluding steroid dienone is 2. The Balaban J connectivity index is 1.62. The van der Waals surface area contributed by atoms with Crippen LogP contribution in [0.3, 0.4) is 0 Å². The van der Waals surface area contributed by atoms with Crippen LogP contribution in [0, 0.1) is 56.7 Å². The molecule has 3 N–H and O–H groups in total. The van der Waals surface area contributed by atoms with Crippen LogP contribution < -0.4 is 0 Å². The van der Waals surface area contributed by atoms with Crippen LogP contribution in [-0.2, 0) is 4.79 Å². The third kappa shape index (κ3) is 2.76. The molecule has 4 nitrogen and oxygen atoms in total. The molecule has 192 valence electrons. The number of carboxylic acids is 1. The maximum atomic E-state index is 12.8. The molecular formula is C30H48O4. The topological polar surface area (TPSA) is 77.8 Å². The van der Waals surface area contributed by atoms with Crippen molar-refractivity contribution < 1.29 is 20.1 Å². The van der Waals surface area contributed by atoms with Crippen molar-refractivity contribution >= 4 is 5.97 Å². The molecule has 0 radical (unpaired) electrons. The number of hydrogen-bond donors (Lipinski definition) is 3. The van der Waals surface area contributed by atoms with Crippen molar-refractivity contribution in [2.45, 2.75) is 112 Å². The van der Waals surface area contributed by atoms with Gasteiger partial charge in [0.1, 0.15) is 0 Å². The van der Waals surface area contributed by atoms with Gasteiger partial charge in [0.15, 0.2) is 0 Å². The molecule has 3 unspecified atom stereocenters. The molecule has 4 saturated carbocycles. The largest absolute Gasteiger partial charge is 0.481 e. The monoisotopic (exact) mass is 472 g/mol. The van der Waals surface area contributed by atoms with E-state index in [2.05, 4.69) is 54.5 Å². The molecule has 0 amide bonds. The number of aliphatic carboxylic acids is 1.